The maximum atomic E-state index is 12.7. The highest BCUT2D eigenvalue weighted by Gasteiger charge is 2.44. The van der Waals surface area contributed by atoms with Crippen LogP contribution in [-0.2, 0) is 11.4 Å². The predicted octanol–water partition coefficient (Wildman–Crippen LogP) is 7.09. The molecule has 0 unspecified atom stereocenters. The summed E-state index contributed by atoms with van der Waals surface area (Å²) in [5, 5.41) is 7.76. The Morgan fingerprint density at radius 3 is 2.18 bits per heavy atom. The molecule has 3 aromatic carbocycles. The zero-order valence-corrected chi connectivity index (χ0v) is 21.1. The minimum absolute atomic E-state index is 0.0976. The molecule has 0 bridgehead atoms. The Balaban J connectivity index is 1.80. The van der Waals surface area contributed by atoms with Gasteiger partial charge in [-0.05, 0) is 51.1 Å². The topological polar surface area (TPSA) is 45.1 Å². The van der Waals surface area contributed by atoms with Crippen LogP contribution in [0.15, 0.2) is 77.9 Å². The van der Waals surface area contributed by atoms with Gasteiger partial charge in [-0.2, -0.15) is 0 Å². The van der Waals surface area contributed by atoms with E-state index in [4.69, 9.17) is 33.0 Å². The van der Waals surface area contributed by atoms with E-state index >= 15 is 0 Å². The normalized spacial score (nSPS) is 15.9. The summed E-state index contributed by atoms with van der Waals surface area (Å²) in [6.07, 6.45) is -0.390. The number of benzene rings is 3. The van der Waals surface area contributed by atoms with E-state index in [0.29, 0.717) is 21.6 Å². The summed E-state index contributed by atoms with van der Waals surface area (Å²) in [5.74, 6) is 0.976. The molecule has 1 heterocycles. The third-order valence-corrected chi connectivity index (χ3v) is 6.30. The van der Waals surface area contributed by atoms with Gasteiger partial charge in [-0.25, -0.2) is 5.01 Å². The molecule has 4 rings (SSSR count). The third-order valence-electron chi connectivity index (χ3n) is 5.60. The number of ether oxygens (including phenoxy) is 1. The van der Waals surface area contributed by atoms with Gasteiger partial charge >= 0.3 is 0 Å². The van der Waals surface area contributed by atoms with Crippen molar-refractivity contribution in [1.82, 2.24) is 4.90 Å². The number of Topliss-reactive ketones (excluding diaryl/α,β-unsaturated/α-hetero) is 1. The number of hydrogen-bond donors (Lipinski definition) is 0. The summed E-state index contributed by atoms with van der Waals surface area (Å²) < 4.78 is 6.28. The van der Waals surface area contributed by atoms with Gasteiger partial charge in [0.25, 0.3) is 0 Å². The molecule has 0 saturated carbocycles. The highest BCUT2D eigenvalue weighted by molar-refractivity contribution is 6.38. The molecular formula is C27H27Cl2N3O2. The molecule has 0 aliphatic carbocycles. The maximum Gasteiger partial charge on any atom is 0.196 e. The zero-order valence-electron chi connectivity index (χ0n) is 19.6. The summed E-state index contributed by atoms with van der Waals surface area (Å²) >= 11 is 12.7. The van der Waals surface area contributed by atoms with Crippen molar-refractivity contribution in [3.05, 3.63) is 94.0 Å². The molecular weight excluding hydrogens is 469 g/mol. The van der Waals surface area contributed by atoms with Crippen molar-refractivity contribution in [2.75, 3.05) is 5.01 Å². The molecule has 0 aromatic heterocycles. The lowest BCUT2D eigenvalue weighted by atomic mass is 10.0. The Morgan fingerprint density at radius 1 is 0.941 bits per heavy atom. The van der Waals surface area contributed by atoms with Crippen molar-refractivity contribution >= 4 is 40.5 Å². The van der Waals surface area contributed by atoms with Crippen LogP contribution < -0.4 is 9.75 Å². The van der Waals surface area contributed by atoms with Crippen LogP contribution >= 0.6 is 23.2 Å². The van der Waals surface area contributed by atoms with Gasteiger partial charge in [-0.3, -0.25) is 4.79 Å². The predicted molar refractivity (Wildman–Crippen MR) is 139 cm³/mol. The molecule has 34 heavy (non-hydrogen) atoms. The summed E-state index contributed by atoms with van der Waals surface area (Å²) in [5.41, 5.74) is 2.09. The second-order valence-corrected chi connectivity index (χ2v) is 9.92. The number of rotatable bonds is 6. The largest absolute Gasteiger partial charge is 0.488 e. The van der Waals surface area contributed by atoms with Crippen LogP contribution in [0.5, 0.6) is 5.75 Å². The lowest BCUT2D eigenvalue weighted by Crippen LogP contribution is -2.49. The Labute approximate surface area is 210 Å². The molecule has 0 spiro atoms. The SMILES string of the molecule is CC(=O)C1=NN(c2ccccc2)[C@H](c2ccccc2OCc2c(Cl)cccc2Cl)N1C(C)(C)C. The van der Waals surface area contributed by atoms with Gasteiger partial charge in [0.2, 0.25) is 0 Å². The fourth-order valence-corrected chi connectivity index (χ4v) is 4.56. The molecule has 176 valence electrons. The van der Waals surface area contributed by atoms with Gasteiger partial charge in [0.1, 0.15) is 12.4 Å². The number of anilines is 1. The first-order valence-electron chi connectivity index (χ1n) is 11.1. The van der Waals surface area contributed by atoms with Gasteiger partial charge in [-0.15, -0.1) is 5.10 Å². The van der Waals surface area contributed by atoms with E-state index in [2.05, 4.69) is 20.8 Å². The number of amidine groups is 1. The third kappa shape index (κ3) is 4.77. The first-order chi connectivity index (χ1) is 16.2. The smallest absolute Gasteiger partial charge is 0.196 e. The van der Waals surface area contributed by atoms with Crippen molar-refractivity contribution in [3.63, 3.8) is 0 Å². The lowest BCUT2D eigenvalue weighted by Gasteiger charge is -2.41. The van der Waals surface area contributed by atoms with Gasteiger partial charge in [0.15, 0.2) is 17.8 Å². The second kappa shape index (κ2) is 9.69. The molecule has 0 fully saturated rings. The van der Waals surface area contributed by atoms with E-state index in [0.717, 1.165) is 16.8 Å². The van der Waals surface area contributed by atoms with Crippen molar-refractivity contribution in [2.24, 2.45) is 5.10 Å². The van der Waals surface area contributed by atoms with Crippen LogP contribution in [0.4, 0.5) is 5.69 Å². The first-order valence-corrected chi connectivity index (χ1v) is 11.8. The summed E-state index contributed by atoms with van der Waals surface area (Å²) in [6, 6.07) is 23.0. The molecule has 0 radical (unpaired) electrons. The van der Waals surface area contributed by atoms with E-state index in [1.165, 1.54) is 0 Å². The number of hydrazone groups is 1. The minimum Gasteiger partial charge on any atom is -0.488 e. The number of para-hydroxylation sites is 2. The van der Waals surface area contributed by atoms with E-state index in [9.17, 15) is 4.79 Å². The van der Waals surface area contributed by atoms with Crippen LogP contribution in [0.3, 0.4) is 0 Å². The standard InChI is InChI=1S/C27H27Cl2N3O2/c1-18(33)25-30-32(19-11-6-5-7-12-19)26(31(25)27(2,3)4)20-13-8-9-16-24(20)34-17-21-22(28)14-10-15-23(21)29/h5-16,26H,17H2,1-4H3/t26-/m1/s1. The molecule has 5 nitrogen and oxygen atoms in total. The van der Waals surface area contributed by atoms with Crippen LogP contribution in [0, 0.1) is 0 Å². The van der Waals surface area contributed by atoms with E-state index in [1.807, 2.05) is 64.5 Å². The van der Waals surface area contributed by atoms with Crippen LogP contribution in [-0.4, -0.2) is 22.1 Å². The van der Waals surface area contributed by atoms with E-state index < -0.39 is 5.54 Å². The van der Waals surface area contributed by atoms with E-state index in [1.54, 1.807) is 25.1 Å². The molecule has 1 aliphatic heterocycles. The quantitative estimate of drug-likeness (QED) is 0.365. The number of carbonyl (C=O) groups excluding carboxylic acids is 1. The number of carbonyl (C=O) groups is 1. The van der Waals surface area contributed by atoms with Crippen LogP contribution in [0.2, 0.25) is 10.0 Å². The lowest BCUT2D eigenvalue weighted by molar-refractivity contribution is -0.112. The molecule has 7 heteroatoms. The fourth-order valence-electron chi connectivity index (χ4n) is 4.05. The average Bonchev–Trinajstić information content (AvgIpc) is 3.21. The number of hydrogen-bond acceptors (Lipinski definition) is 5. The van der Waals surface area contributed by atoms with Gasteiger partial charge in [0, 0.05) is 33.6 Å². The summed E-state index contributed by atoms with van der Waals surface area (Å²) in [6.45, 7) is 7.97. The van der Waals surface area contributed by atoms with Crippen molar-refractivity contribution in [2.45, 2.75) is 46.0 Å². The molecule has 0 amide bonds. The van der Waals surface area contributed by atoms with Crippen LogP contribution in [0.1, 0.15) is 45.0 Å². The number of nitrogens with zero attached hydrogens (tertiary/aromatic N) is 3. The highest BCUT2D eigenvalue weighted by Crippen LogP contribution is 2.43. The monoisotopic (exact) mass is 495 g/mol. The highest BCUT2D eigenvalue weighted by atomic mass is 35.5. The molecule has 1 atom stereocenters. The Kier molecular flexibility index (Phi) is 6.87. The Morgan fingerprint density at radius 2 is 1.56 bits per heavy atom. The molecule has 1 aliphatic rings. The molecule has 0 saturated heterocycles. The second-order valence-electron chi connectivity index (χ2n) is 9.10. The minimum atomic E-state index is -0.391. The average molecular weight is 496 g/mol. The number of ketones is 1. The Hall–Kier alpha value is -3.02. The fraction of sp³-hybridized carbons (Fsp3) is 0.259. The van der Waals surface area contributed by atoms with Crippen LogP contribution in [0.25, 0.3) is 0 Å². The van der Waals surface area contributed by atoms with E-state index in [-0.39, 0.29) is 18.6 Å². The van der Waals surface area contributed by atoms with Crippen molar-refractivity contribution in [1.29, 1.82) is 0 Å². The van der Waals surface area contributed by atoms with Gasteiger partial charge in [-0.1, -0.05) is 65.7 Å². The number of halogens is 2. The van der Waals surface area contributed by atoms with Gasteiger partial charge < -0.3 is 9.64 Å². The molecule has 3 aromatic rings. The Bertz CT molecular complexity index is 1200. The maximum absolute atomic E-state index is 12.7. The van der Waals surface area contributed by atoms with Gasteiger partial charge in [0.05, 0.1) is 5.69 Å². The summed E-state index contributed by atoms with van der Waals surface area (Å²) in [4.78, 5) is 14.7. The molecule has 0 N–H and O–H groups in total. The van der Waals surface area contributed by atoms with Crippen molar-refractivity contribution in [3.8, 4) is 5.75 Å². The first kappa shape index (κ1) is 24.1. The summed E-state index contributed by atoms with van der Waals surface area (Å²) in [7, 11) is 0. The van der Waals surface area contributed by atoms with Crippen molar-refractivity contribution < 1.29 is 9.53 Å². The zero-order chi connectivity index (χ0) is 24.5.